The van der Waals surface area contributed by atoms with Crippen molar-refractivity contribution >= 4 is 32.6 Å². The Morgan fingerprint density at radius 2 is 1.62 bits per heavy atom. The number of nitrogens with zero attached hydrogens (tertiary/aromatic N) is 1. The average molecular weight is 598 g/mol. The van der Waals surface area contributed by atoms with Crippen LogP contribution >= 0.6 is 0 Å². The molecule has 224 valence electrons. The summed E-state index contributed by atoms with van der Waals surface area (Å²) in [6.07, 6.45) is 0.736. The van der Waals surface area contributed by atoms with Crippen molar-refractivity contribution in [1.29, 1.82) is 0 Å². The van der Waals surface area contributed by atoms with E-state index < -0.39 is 49.9 Å². The van der Waals surface area contributed by atoms with Crippen LogP contribution in [0.3, 0.4) is 0 Å². The van der Waals surface area contributed by atoms with E-state index in [-0.39, 0.29) is 22.6 Å². The predicted octanol–water partition coefficient (Wildman–Crippen LogP) is 5.11. The Balaban J connectivity index is 2.51. The number of esters is 1. The highest BCUT2D eigenvalue weighted by Gasteiger charge is 2.52. The molecule has 0 aromatic rings. The van der Waals surface area contributed by atoms with Crippen molar-refractivity contribution < 1.29 is 47.3 Å². The minimum Gasteiger partial charge on any atom is -0.452 e. The van der Waals surface area contributed by atoms with Gasteiger partial charge in [-0.05, 0) is 57.0 Å². The summed E-state index contributed by atoms with van der Waals surface area (Å²) >= 11 is 0. The first kappa shape index (κ1) is 32.3. The summed E-state index contributed by atoms with van der Waals surface area (Å²) in [6.45, 7) is 11.0. The van der Waals surface area contributed by atoms with E-state index in [0.717, 1.165) is 14.2 Å². The second kappa shape index (κ2) is 12.7. The lowest BCUT2D eigenvalue weighted by Gasteiger charge is -2.44. The maximum Gasteiger partial charge on any atom is 0.514 e. The Morgan fingerprint density at radius 1 is 1.02 bits per heavy atom. The zero-order valence-electron chi connectivity index (χ0n) is 25.0. The molecule has 0 fully saturated rings. The number of carbonyl (C=O) groups excluding carboxylic acids is 4. The van der Waals surface area contributed by atoms with Crippen molar-refractivity contribution in [1.82, 2.24) is 4.90 Å². The van der Waals surface area contributed by atoms with Crippen LogP contribution in [0.15, 0.2) is 46.9 Å². The van der Waals surface area contributed by atoms with Gasteiger partial charge in [-0.25, -0.2) is 19.2 Å². The van der Waals surface area contributed by atoms with Gasteiger partial charge >= 0.3 is 24.3 Å². The summed E-state index contributed by atoms with van der Waals surface area (Å²) in [6, 6.07) is 2.12. The standard InChI is InChI=1S/C30H35NO10Si/c1-9-42(10-2,11-3)41-30-17-15-13-12-14-16-21-24(20(30)18-23(32)38-21)25(31(26(33)36-7)27(34)37-8)22(19-30)39-28(35)40-29(4,5)6/h12-13,18-19,21H,9-11H2,1-8H3/b13-12-/t21-,30-/m1/s1. The van der Waals surface area contributed by atoms with Crippen LogP contribution in [-0.2, 0) is 32.9 Å². The summed E-state index contributed by atoms with van der Waals surface area (Å²) in [5.41, 5.74) is -2.70. The highest BCUT2D eigenvalue weighted by molar-refractivity contribution is 6.73. The number of carbonyl (C=O) groups is 4. The SMILES string of the molecule is CC[Si](CC)(CC)O[C@@]12C#C/C=C\C#C[C@H]3OC(=O)C=C1C3=C(N(C(=O)OC)C(=O)OC)C(OC(=O)OC(C)(C)C)=C2. The predicted molar refractivity (Wildman–Crippen MR) is 153 cm³/mol. The number of allylic oxidation sites excluding steroid dienone is 2. The molecule has 1 aliphatic heterocycles. The second-order valence-electron chi connectivity index (χ2n) is 10.5. The van der Waals surface area contributed by atoms with E-state index in [1.54, 1.807) is 20.8 Å². The molecule has 2 aliphatic carbocycles. The van der Waals surface area contributed by atoms with E-state index in [0.29, 0.717) is 23.0 Å². The molecule has 1 heterocycles. The van der Waals surface area contributed by atoms with Crippen LogP contribution in [0.25, 0.3) is 0 Å². The Labute approximate surface area is 246 Å². The first-order valence-corrected chi connectivity index (χ1v) is 16.0. The summed E-state index contributed by atoms with van der Waals surface area (Å²) in [5, 5.41) is 0. The van der Waals surface area contributed by atoms with Crippen LogP contribution in [0.5, 0.6) is 0 Å². The average Bonchev–Trinajstić information content (AvgIpc) is 2.93. The summed E-state index contributed by atoms with van der Waals surface area (Å²) in [7, 11) is -0.424. The number of hydrogen-bond donors (Lipinski definition) is 0. The van der Waals surface area contributed by atoms with Crippen LogP contribution < -0.4 is 0 Å². The third kappa shape index (κ3) is 6.62. The molecule has 0 saturated carbocycles. The molecule has 42 heavy (non-hydrogen) atoms. The fourth-order valence-electron chi connectivity index (χ4n) is 4.66. The van der Waals surface area contributed by atoms with Crippen molar-refractivity contribution in [2.75, 3.05) is 14.2 Å². The van der Waals surface area contributed by atoms with Gasteiger partial charge in [0.05, 0.1) is 14.2 Å². The summed E-state index contributed by atoms with van der Waals surface area (Å²) < 4.78 is 33.4. The maximum atomic E-state index is 13.1. The van der Waals surface area contributed by atoms with Gasteiger partial charge in [-0.3, -0.25) is 0 Å². The lowest BCUT2D eigenvalue weighted by atomic mass is 9.78. The molecule has 2 atom stereocenters. The van der Waals surface area contributed by atoms with Gasteiger partial charge in [0.2, 0.25) is 0 Å². The van der Waals surface area contributed by atoms with Crippen LogP contribution in [0.1, 0.15) is 41.5 Å². The monoisotopic (exact) mass is 597 g/mol. The van der Waals surface area contributed by atoms with Gasteiger partial charge in [0.1, 0.15) is 11.3 Å². The molecule has 0 spiro atoms. The number of imide groups is 1. The van der Waals surface area contributed by atoms with Gasteiger partial charge < -0.3 is 28.1 Å². The van der Waals surface area contributed by atoms with Crippen molar-refractivity contribution in [2.24, 2.45) is 0 Å². The number of hydrogen-bond acceptors (Lipinski definition) is 10. The molecule has 3 rings (SSSR count). The number of amides is 2. The van der Waals surface area contributed by atoms with Crippen molar-refractivity contribution in [3.63, 3.8) is 0 Å². The molecule has 0 unspecified atom stereocenters. The minimum absolute atomic E-state index is 0.0368. The van der Waals surface area contributed by atoms with Crippen molar-refractivity contribution in [2.45, 2.75) is 77.0 Å². The van der Waals surface area contributed by atoms with E-state index in [1.807, 2.05) is 20.8 Å². The molecular formula is C30H35NO10Si. The highest BCUT2D eigenvalue weighted by Crippen LogP contribution is 2.47. The Morgan fingerprint density at radius 3 is 2.17 bits per heavy atom. The van der Waals surface area contributed by atoms with Gasteiger partial charge in [-0.2, -0.15) is 4.90 Å². The number of rotatable bonds is 7. The third-order valence-electron chi connectivity index (χ3n) is 6.83. The first-order valence-electron chi connectivity index (χ1n) is 13.5. The highest BCUT2D eigenvalue weighted by atomic mass is 28.4. The molecule has 12 heteroatoms. The van der Waals surface area contributed by atoms with E-state index >= 15 is 0 Å². The maximum absolute atomic E-state index is 13.1. The van der Waals surface area contributed by atoms with Crippen molar-refractivity contribution in [3.8, 4) is 23.7 Å². The smallest absolute Gasteiger partial charge is 0.452 e. The van der Waals surface area contributed by atoms with Gasteiger partial charge in [0.25, 0.3) is 0 Å². The van der Waals surface area contributed by atoms with E-state index in [9.17, 15) is 19.2 Å². The van der Waals surface area contributed by atoms with E-state index in [2.05, 4.69) is 23.7 Å². The molecule has 2 amide bonds. The van der Waals surface area contributed by atoms with Crippen LogP contribution in [-0.4, -0.2) is 69.1 Å². The molecule has 0 radical (unpaired) electrons. The fraction of sp³-hybridized carbons (Fsp3) is 0.467. The molecule has 0 saturated heterocycles. The van der Waals surface area contributed by atoms with Gasteiger partial charge in [-0.1, -0.05) is 38.5 Å². The lowest BCUT2D eigenvalue weighted by molar-refractivity contribution is -0.140. The van der Waals surface area contributed by atoms with Crippen LogP contribution in [0, 0.1) is 23.7 Å². The Hall–Kier alpha value is -4.26. The van der Waals surface area contributed by atoms with Crippen LogP contribution in [0.2, 0.25) is 18.1 Å². The van der Waals surface area contributed by atoms with Gasteiger partial charge in [0.15, 0.2) is 25.8 Å². The molecule has 0 aromatic heterocycles. The van der Waals surface area contributed by atoms with E-state index in [1.165, 1.54) is 24.3 Å². The quantitative estimate of drug-likeness (QED) is 0.169. The minimum atomic E-state index is -2.55. The zero-order valence-corrected chi connectivity index (χ0v) is 26.0. The summed E-state index contributed by atoms with van der Waals surface area (Å²) in [5.74, 6) is 10.5. The Kier molecular flexibility index (Phi) is 9.77. The van der Waals surface area contributed by atoms with Crippen molar-refractivity contribution in [3.05, 3.63) is 46.9 Å². The van der Waals surface area contributed by atoms with Gasteiger partial charge in [-0.15, -0.1) is 0 Å². The summed E-state index contributed by atoms with van der Waals surface area (Å²) in [4.78, 5) is 52.7. The first-order chi connectivity index (χ1) is 19.8. The molecular weight excluding hydrogens is 562 g/mol. The topological polar surface area (TPSA) is 127 Å². The Bertz CT molecular complexity index is 1380. The molecule has 0 N–H and O–H groups in total. The van der Waals surface area contributed by atoms with Crippen LogP contribution in [0.4, 0.5) is 14.4 Å². The molecule has 3 aliphatic rings. The number of ether oxygens (including phenoxy) is 5. The fourth-order valence-corrected chi connectivity index (χ4v) is 7.49. The molecule has 0 aromatic carbocycles. The largest absolute Gasteiger partial charge is 0.514 e. The molecule has 11 nitrogen and oxygen atoms in total. The normalized spacial score (nSPS) is 21.5. The van der Waals surface area contributed by atoms with E-state index in [4.69, 9.17) is 28.1 Å². The van der Waals surface area contributed by atoms with Gasteiger partial charge in [0, 0.05) is 23.3 Å². The zero-order chi connectivity index (χ0) is 31.3. The lowest BCUT2D eigenvalue weighted by Crippen LogP contribution is -2.52. The third-order valence-corrected chi connectivity index (χ3v) is 11.4. The number of methoxy groups -OCH3 is 2. The second-order valence-corrected chi connectivity index (χ2v) is 15.2. The molecule has 4 bridgehead atoms.